The van der Waals surface area contributed by atoms with E-state index in [9.17, 15) is 10.2 Å². The largest absolute Gasteiger partial charge is 0.507 e. The van der Waals surface area contributed by atoms with Crippen molar-refractivity contribution >= 4 is 12.4 Å². The van der Waals surface area contributed by atoms with E-state index in [1.54, 1.807) is 12.4 Å². The fourth-order valence-electron chi connectivity index (χ4n) is 4.18. The van der Waals surface area contributed by atoms with E-state index in [1.165, 1.54) is 11.1 Å². The molecule has 2 atom stereocenters. The molecule has 0 aliphatic carbocycles. The fraction of sp³-hybridized carbons (Fsp3) is 0.562. The summed E-state index contributed by atoms with van der Waals surface area (Å²) in [5.74, 6) is 1.45. The summed E-state index contributed by atoms with van der Waals surface area (Å²) < 4.78 is 0. The highest BCUT2D eigenvalue weighted by Crippen LogP contribution is 2.37. The Morgan fingerprint density at radius 2 is 1.00 bits per heavy atom. The van der Waals surface area contributed by atoms with Gasteiger partial charge in [0.05, 0.1) is 13.1 Å². The summed E-state index contributed by atoms with van der Waals surface area (Å²) in [5, 5.41) is 21.8. The number of hydrogen-bond acceptors (Lipinski definition) is 4. The first kappa shape index (κ1) is 29.6. The SMILES string of the molecule is CCC(C)c1cc(C=NCCN=Cc2cc(C(C)CC)cc(C(C)(C)C)c2O)c(O)c(C(C)(C)C)c1. The number of rotatable bonds is 9. The molecule has 0 aromatic heterocycles. The van der Waals surface area contributed by atoms with Gasteiger partial charge in [-0.1, -0.05) is 81.4 Å². The molecule has 2 aromatic rings. The number of nitrogens with zero attached hydrogens (tertiary/aromatic N) is 2. The first-order valence-electron chi connectivity index (χ1n) is 13.4. The van der Waals surface area contributed by atoms with Crippen LogP contribution in [0.1, 0.15) is 127 Å². The molecule has 198 valence electrons. The van der Waals surface area contributed by atoms with Crippen LogP contribution >= 0.6 is 0 Å². The van der Waals surface area contributed by atoms with E-state index in [0.717, 1.165) is 35.1 Å². The van der Waals surface area contributed by atoms with Gasteiger partial charge in [-0.3, -0.25) is 9.98 Å². The van der Waals surface area contributed by atoms with Crippen molar-refractivity contribution in [1.82, 2.24) is 0 Å². The van der Waals surface area contributed by atoms with Crippen LogP contribution in [0, 0.1) is 0 Å². The standard InChI is InChI=1S/C32H48N2O2/c1-11-21(3)23-15-25(29(35)27(17-23)31(5,6)7)19-33-13-14-34-20-26-16-24(22(4)12-2)18-28(30(26)36)32(8,9)10/h15-22,35-36H,11-14H2,1-10H3. The Morgan fingerprint density at radius 1 is 0.667 bits per heavy atom. The number of hydrogen-bond donors (Lipinski definition) is 2. The Balaban J connectivity index is 2.24. The summed E-state index contributed by atoms with van der Waals surface area (Å²) in [4.78, 5) is 9.12. The second kappa shape index (κ2) is 12.1. The van der Waals surface area contributed by atoms with Crippen molar-refractivity contribution in [3.63, 3.8) is 0 Å². The maximum absolute atomic E-state index is 10.9. The van der Waals surface area contributed by atoms with Crippen LogP contribution in [0.3, 0.4) is 0 Å². The van der Waals surface area contributed by atoms with Crippen molar-refractivity contribution in [3.05, 3.63) is 57.6 Å². The molecule has 4 nitrogen and oxygen atoms in total. The van der Waals surface area contributed by atoms with Gasteiger partial charge in [0.15, 0.2) is 0 Å². The van der Waals surface area contributed by atoms with Crippen molar-refractivity contribution in [2.45, 2.75) is 105 Å². The van der Waals surface area contributed by atoms with Crippen LogP contribution in [0.25, 0.3) is 0 Å². The first-order valence-corrected chi connectivity index (χ1v) is 13.4. The predicted octanol–water partition coefficient (Wildman–Crippen LogP) is 8.26. The molecule has 0 radical (unpaired) electrons. The number of phenols is 2. The summed E-state index contributed by atoms with van der Waals surface area (Å²) in [5.41, 5.74) is 5.57. The summed E-state index contributed by atoms with van der Waals surface area (Å²) in [6, 6.07) is 8.38. The summed E-state index contributed by atoms with van der Waals surface area (Å²) in [6.45, 7) is 22.5. The van der Waals surface area contributed by atoms with Crippen molar-refractivity contribution < 1.29 is 10.2 Å². The minimum Gasteiger partial charge on any atom is -0.507 e. The zero-order valence-corrected chi connectivity index (χ0v) is 24.2. The zero-order chi connectivity index (χ0) is 27.3. The summed E-state index contributed by atoms with van der Waals surface area (Å²) in [6.07, 6.45) is 5.62. The van der Waals surface area contributed by atoms with E-state index in [-0.39, 0.29) is 10.8 Å². The van der Waals surface area contributed by atoms with Gasteiger partial charge in [-0.25, -0.2) is 0 Å². The average Bonchev–Trinajstić information content (AvgIpc) is 2.80. The third-order valence-electron chi connectivity index (χ3n) is 7.12. The lowest BCUT2D eigenvalue weighted by molar-refractivity contribution is 0.444. The fourth-order valence-corrected chi connectivity index (χ4v) is 4.18. The molecular formula is C32H48N2O2. The Bertz CT molecular complexity index is 997. The van der Waals surface area contributed by atoms with E-state index < -0.39 is 0 Å². The maximum Gasteiger partial charge on any atom is 0.128 e. The number of phenolic OH excluding ortho intramolecular Hbond substituents is 2. The minimum absolute atomic E-state index is 0.155. The van der Waals surface area contributed by atoms with Gasteiger partial charge in [-0.2, -0.15) is 0 Å². The molecule has 0 heterocycles. The second-order valence-electron chi connectivity index (χ2n) is 12.2. The monoisotopic (exact) mass is 492 g/mol. The molecule has 0 aliphatic heterocycles. The number of aliphatic imine (C=N–C) groups is 2. The summed E-state index contributed by atoms with van der Waals surface area (Å²) >= 11 is 0. The molecule has 4 heteroatoms. The molecule has 2 aromatic carbocycles. The highest BCUT2D eigenvalue weighted by molar-refractivity contribution is 5.86. The first-order chi connectivity index (χ1) is 16.7. The molecule has 0 spiro atoms. The van der Waals surface area contributed by atoms with Gasteiger partial charge in [0.2, 0.25) is 0 Å². The third-order valence-corrected chi connectivity index (χ3v) is 7.12. The van der Waals surface area contributed by atoms with E-state index in [4.69, 9.17) is 0 Å². The zero-order valence-electron chi connectivity index (χ0n) is 24.2. The van der Waals surface area contributed by atoms with Crippen LogP contribution in [-0.2, 0) is 10.8 Å². The van der Waals surface area contributed by atoms with Crippen LogP contribution in [0.15, 0.2) is 34.3 Å². The smallest absolute Gasteiger partial charge is 0.128 e. The molecule has 0 saturated carbocycles. The van der Waals surface area contributed by atoms with Crippen molar-refractivity contribution in [2.24, 2.45) is 9.98 Å². The topological polar surface area (TPSA) is 65.2 Å². The molecule has 0 bridgehead atoms. The predicted molar refractivity (Wildman–Crippen MR) is 156 cm³/mol. The van der Waals surface area contributed by atoms with Crippen molar-refractivity contribution in [2.75, 3.05) is 13.1 Å². The lowest BCUT2D eigenvalue weighted by Crippen LogP contribution is -2.13. The van der Waals surface area contributed by atoms with Crippen LogP contribution < -0.4 is 0 Å². The normalized spacial score (nSPS) is 14.6. The molecule has 2 N–H and O–H groups in total. The van der Waals surface area contributed by atoms with Crippen LogP contribution in [0.4, 0.5) is 0 Å². The molecule has 0 amide bonds. The Labute approximate surface area is 219 Å². The maximum atomic E-state index is 10.9. The van der Waals surface area contributed by atoms with Gasteiger partial charge in [0.1, 0.15) is 11.5 Å². The number of aromatic hydroxyl groups is 2. The highest BCUT2D eigenvalue weighted by atomic mass is 16.3. The van der Waals surface area contributed by atoms with Crippen molar-refractivity contribution in [1.29, 1.82) is 0 Å². The van der Waals surface area contributed by atoms with Gasteiger partial charge in [-0.05, 0) is 58.8 Å². The highest BCUT2D eigenvalue weighted by Gasteiger charge is 2.23. The molecule has 0 aliphatic rings. The minimum atomic E-state index is -0.155. The Kier molecular flexibility index (Phi) is 9.93. The average molecular weight is 493 g/mol. The second-order valence-corrected chi connectivity index (χ2v) is 12.2. The van der Waals surface area contributed by atoms with Crippen LogP contribution in [0.5, 0.6) is 11.5 Å². The van der Waals surface area contributed by atoms with E-state index in [0.29, 0.717) is 36.4 Å². The van der Waals surface area contributed by atoms with Crippen LogP contribution in [-0.4, -0.2) is 35.7 Å². The molecule has 36 heavy (non-hydrogen) atoms. The van der Waals surface area contributed by atoms with Crippen molar-refractivity contribution in [3.8, 4) is 11.5 Å². The lowest BCUT2D eigenvalue weighted by atomic mass is 9.82. The van der Waals surface area contributed by atoms with E-state index in [1.807, 2.05) is 0 Å². The van der Waals surface area contributed by atoms with Gasteiger partial charge in [-0.15, -0.1) is 0 Å². The quantitative estimate of drug-likeness (QED) is 0.273. The van der Waals surface area contributed by atoms with Gasteiger partial charge >= 0.3 is 0 Å². The third kappa shape index (κ3) is 7.44. The van der Waals surface area contributed by atoms with E-state index >= 15 is 0 Å². The Morgan fingerprint density at radius 3 is 1.28 bits per heavy atom. The van der Waals surface area contributed by atoms with Crippen LogP contribution in [0.2, 0.25) is 0 Å². The molecule has 0 saturated heterocycles. The lowest BCUT2D eigenvalue weighted by Gasteiger charge is -2.24. The van der Waals surface area contributed by atoms with Gasteiger partial charge in [0, 0.05) is 34.7 Å². The molecular weight excluding hydrogens is 444 g/mol. The summed E-state index contributed by atoms with van der Waals surface area (Å²) in [7, 11) is 0. The van der Waals surface area contributed by atoms with Gasteiger partial charge < -0.3 is 10.2 Å². The molecule has 2 unspecified atom stereocenters. The molecule has 2 rings (SSSR count). The Hall–Kier alpha value is -2.62. The van der Waals surface area contributed by atoms with E-state index in [2.05, 4.69) is 103 Å². The molecule has 0 fully saturated rings. The number of benzene rings is 2. The van der Waals surface area contributed by atoms with Gasteiger partial charge in [0.25, 0.3) is 0 Å².